The average molecular weight is 351 g/mol. The highest BCUT2D eigenvalue weighted by Gasteiger charge is 2.33. The first-order valence-corrected chi connectivity index (χ1v) is 8.03. The standard InChI is InChI=1S/C16H19BrN2O2/c17-13-5-4-6-14(11-13)21-10-7-15(20)19-16(12-18)8-2-1-3-9-16/h4-6,11H,1-3,7-10H2,(H,19,20). The Morgan fingerprint density at radius 2 is 2.14 bits per heavy atom. The van der Waals surface area contributed by atoms with E-state index in [1.165, 1.54) is 0 Å². The fourth-order valence-electron chi connectivity index (χ4n) is 2.57. The average Bonchev–Trinajstić information content (AvgIpc) is 2.48. The second kappa shape index (κ2) is 7.46. The lowest BCUT2D eigenvalue weighted by atomic mass is 9.83. The normalized spacial score (nSPS) is 16.8. The molecule has 0 saturated heterocycles. The van der Waals surface area contributed by atoms with E-state index < -0.39 is 5.54 Å². The topological polar surface area (TPSA) is 62.1 Å². The first kappa shape index (κ1) is 15.8. The van der Waals surface area contributed by atoms with Crippen LogP contribution in [-0.4, -0.2) is 18.1 Å². The van der Waals surface area contributed by atoms with Crippen molar-refractivity contribution in [3.05, 3.63) is 28.7 Å². The number of benzene rings is 1. The van der Waals surface area contributed by atoms with Crippen LogP contribution in [0.5, 0.6) is 5.75 Å². The molecule has 1 fully saturated rings. The summed E-state index contributed by atoms with van der Waals surface area (Å²) in [4.78, 5) is 12.0. The number of hydrogen-bond acceptors (Lipinski definition) is 3. The third kappa shape index (κ3) is 4.75. The van der Waals surface area contributed by atoms with Gasteiger partial charge in [0.25, 0.3) is 0 Å². The van der Waals surface area contributed by atoms with E-state index in [1.54, 1.807) is 0 Å². The van der Waals surface area contributed by atoms with Crippen molar-refractivity contribution >= 4 is 21.8 Å². The lowest BCUT2D eigenvalue weighted by Crippen LogP contribution is -2.48. The third-order valence-corrected chi connectivity index (χ3v) is 4.19. The van der Waals surface area contributed by atoms with E-state index in [2.05, 4.69) is 27.3 Å². The molecule has 1 N–H and O–H groups in total. The Labute approximate surface area is 133 Å². The van der Waals surface area contributed by atoms with Crippen molar-refractivity contribution in [3.63, 3.8) is 0 Å². The number of halogens is 1. The van der Waals surface area contributed by atoms with Crippen LogP contribution in [0.25, 0.3) is 0 Å². The number of hydrogen-bond donors (Lipinski definition) is 1. The summed E-state index contributed by atoms with van der Waals surface area (Å²) in [6.45, 7) is 0.309. The van der Waals surface area contributed by atoms with Gasteiger partial charge in [0.2, 0.25) is 5.91 Å². The molecule has 0 aliphatic heterocycles. The summed E-state index contributed by atoms with van der Waals surface area (Å²) >= 11 is 3.37. The van der Waals surface area contributed by atoms with Crippen LogP contribution in [-0.2, 0) is 4.79 Å². The van der Waals surface area contributed by atoms with Gasteiger partial charge in [0.15, 0.2) is 0 Å². The second-order valence-corrected chi connectivity index (χ2v) is 6.27. The number of nitrogens with zero attached hydrogens (tertiary/aromatic N) is 1. The van der Waals surface area contributed by atoms with E-state index in [4.69, 9.17) is 4.74 Å². The highest BCUT2D eigenvalue weighted by Crippen LogP contribution is 2.27. The minimum atomic E-state index is -0.662. The highest BCUT2D eigenvalue weighted by molar-refractivity contribution is 9.10. The Bertz CT molecular complexity index is 533. The van der Waals surface area contributed by atoms with Gasteiger partial charge in [-0.2, -0.15) is 5.26 Å². The molecule has 0 radical (unpaired) electrons. The van der Waals surface area contributed by atoms with Gasteiger partial charge >= 0.3 is 0 Å². The summed E-state index contributed by atoms with van der Waals surface area (Å²) in [5, 5.41) is 12.2. The number of nitrogens with one attached hydrogen (secondary N) is 1. The summed E-state index contributed by atoms with van der Waals surface area (Å²) in [6, 6.07) is 9.79. The Morgan fingerprint density at radius 1 is 1.38 bits per heavy atom. The zero-order chi connectivity index (χ0) is 15.1. The van der Waals surface area contributed by atoms with Gasteiger partial charge in [0.05, 0.1) is 19.1 Å². The molecule has 0 bridgehead atoms. The minimum Gasteiger partial charge on any atom is -0.493 e. The number of ether oxygens (including phenoxy) is 1. The minimum absolute atomic E-state index is 0.117. The van der Waals surface area contributed by atoms with Crippen molar-refractivity contribution in [2.45, 2.75) is 44.1 Å². The van der Waals surface area contributed by atoms with Crippen molar-refractivity contribution in [3.8, 4) is 11.8 Å². The number of nitriles is 1. The monoisotopic (exact) mass is 350 g/mol. The second-order valence-electron chi connectivity index (χ2n) is 5.36. The maximum Gasteiger partial charge on any atom is 0.224 e. The van der Waals surface area contributed by atoms with Crippen LogP contribution in [0, 0.1) is 11.3 Å². The zero-order valence-electron chi connectivity index (χ0n) is 11.9. The van der Waals surface area contributed by atoms with Gasteiger partial charge in [-0.3, -0.25) is 4.79 Å². The largest absolute Gasteiger partial charge is 0.493 e. The van der Waals surface area contributed by atoms with Gasteiger partial charge in [-0.25, -0.2) is 0 Å². The molecular formula is C16H19BrN2O2. The predicted octanol–water partition coefficient (Wildman–Crippen LogP) is 3.56. The summed E-state index contributed by atoms with van der Waals surface area (Å²) in [7, 11) is 0. The Balaban J connectivity index is 1.78. The Morgan fingerprint density at radius 3 is 2.81 bits per heavy atom. The quantitative estimate of drug-likeness (QED) is 0.882. The van der Waals surface area contributed by atoms with Gasteiger partial charge in [-0.15, -0.1) is 0 Å². The van der Waals surface area contributed by atoms with E-state index in [0.717, 1.165) is 42.3 Å². The molecular weight excluding hydrogens is 332 g/mol. The maximum absolute atomic E-state index is 12.0. The van der Waals surface area contributed by atoms with E-state index >= 15 is 0 Å². The van der Waals surface area contributed by atoms with Crippen LogP contribution in [0.4, 0.5) is 0 Å². The van der Waals surface area contributed by atoms with Gasteiger partial charge in [0, 0.05) is 4.47 Å². The molecule has 1 saturated carbocycles. The summed E-state index contributed by atoms with van der Waals surface area (Å²) in [5.74, 6) is 0.610. The number of carbonyl (C=O) groups excluding carboxylic acids is 1. The fraction of sp³-hybridized carbons (Fsp3) is 0.500. The lowest BCUT2D eigenvalue weighted by molar-refractivity contribution is -0.123. The molecule has 21 heavy (non-hydrogen) atoms. The maximum atomic E-state index is 12.0. The summed E-state index contributed by atoms with van der Waals surface area (Å²) < 4.78 is 6.48. The van der Waals surface area contributed by atoms with Crippen molar-refractivity contribution in [2.75, 3.05) is 6.61 Å². The first-order valence-electron chi connectivity index (χ1n) is 7.24. The highest BCUT2D eigenvalue weighted by atomic mass is 79.9. The molecule has 1 aromatic rings. The smallest absolute Gasteiger partial charge is 0.224 e. The van der Waals surface area contributed by atoms with Crippen LogP contribution in [0.1, 0.15) is 38.5 Å². The van der Waals surface area contributed by atoms with Crippen LogP contribution in [0.3, 0.4) is 0 Å². The van der Waals surface area contributed by atoms with Crippen LogP contribution in [0.15, 0.2) is 28.7 Å². The SMILES string of the molecule is N#CC1(NC(=O)CCOc2cccc(Br)c2)CCCCC1. The molecule has 0 heterocycles. The fourth-order valence-corrected chi connectivity index (χ4v) is 2.95. The molecule has 0 atom stereocenters. The Kier molecular flexibility index (Phi) is 5.63. The van der Waals surface area contributed by atoms with Crippen LogP contribution >= 0.6 is 15.9 Å². The molecule has 112 valence electrons. The molecule has 1 aliphatic rings. The van der Waals surface area contributed by atoms with Gasteiger partial charge in [0.1, 0.15) is 11.3 Å². The molecule has 1 amide bonds. The Hall–Kier alpha value is -1.54. The van der Waals surface area contributed by atoms with Crippen LogP contribution in [0.2, 0.25) is 0 Å². The van der Waals surface area contributed by atoms with Crippen molar-refractivity contribution in [1.29, 1.82) is 5.26 Å². The molecule has 1 aromatic carbocycles. The van der Waals surface area contributed by atoms with Crippen molar-refractivity contribution < 1.29 is 9.53 Å². The lowest BCUT2D eigenvalue weighted by Gasteiger charge is -2.31. The predicted molar refractivity (Wildman–Crippen MR) is 83.8 cm³/mol. The number of amides is 1. The molecule has 4 nitrogen and oxygen atoms in total. The van der Waals surface area contributed by atoms with Gasteiger partial charge in [-0.1, -0.05) is 41.3 Å². The molecule has 1 aliphatic carbocycles. The first-order chi connectivity index (χ1) is 10.1. The summed E-state index contributed by atoms with van der Waals surface area (Å²) in [6.07, 6.45) is 4.91. The van der Waals surface area contributed by atoms with Crippen molar-refractivity contribution in [2.24, 2.45) is 0 Å². The van der Waals surface area contributed by atoms with E-state index in [0.29, 0.717) is 6.61 Å². The molecule has 5 heteroatoms. The molecule has 0 unspecified atom stereocenters. The van der Waals surface area contributed by atoms with E-state index in [9.17, 15) is 10.1 Å². The zero-order valence-corrected chi connectivity index (χ0v) is 13.5. The van der Waals surface area contributed by atoms with Crippen LogP contribution < -0.4 is 10.1 Å². The van der Waals surface area contributed by atoms with E-state index in [-0.39, 0.29) is 12.3 Å². The van der Waals surface area contributed by atoms with Gasteiger partial charge in [-0.05, 0) is 31.0 Å². The third-order valence-electron chi connectivity index (χ3n) is 3.69. The molecule has 0 aromatic heterocycles. The number of rotatable bonds is 5. The molecule has 2 rings (SSSR count). The number of carbonyl (C=O) groups is 1. The summed E-state index contributed by atoms with van der Waals surface area (Å²) in [5.41, 5.74) is -0.662. The molecule has 0 spiro atoms. The van der Waals surface area contributed by atoms with Gasteiger partial charge < -0.3 is 10.1 Å². The van der Waals surface area contributed by atoms with E-state index in [1.807, 2.05) is 24.3 Å². The van der Waals surface area contributed by atoms with Crippen molar-refractivity contribution in [1.82, 2.24) is 5.32 Å².